The maximum atomic E-state index is 12.6. The molecule has 1 atom stereocenters. The van der Waals surface area contributed by atoms with E-state index in [9.17, 15) is 15.0 Å². The molecule has 0 saturated carbocycles. The van der Waals surface area contributed by atoms with Crippen molar-refractivity contribution in [2.45, 2.75) is 50.7 Å². The van der Waals surface area contributed by atoms with Gasteiger partial charge < -0.3 is 15.5 Å². The minimum atomic E-state index is -0.947. The van der Waals surface area contributed by atoms with Crippen LogP contribution in [0.5, 0.6) is 0 Å². The second-order valence-corrected chi connectivity index (χ2v) is 8.56. The van der Waals surface area contributed by atoms with E-state index in [-0.39, 0.29) is 25.0 Å². The summed E-state index contributed by atoms with van der Waals surface area (Å²) in [6, 6.07) is 4.69. The third kappa shape index (κ3) is 5.50. The molecule has 2 saturated heterocycles. The lowest BCUT2D eigenvalue weighted by atomic mass is 9.92. The fraction of sp³-hybridized carbons (Fsp3) is 0.714. The number of aromatic nitrogens is 1. The Kier molecular flexibility index (Phi) is 7.40. The minimum Gasteiger partial charge on any atom is -0.394 e. The molecule has 1 aromatic rings. The van der Waals surface area contributed by atoms with E-state index < -0.39 is 5.54 Å². The van der Waals surface area contributed by atoms with Crippen LogP contribution in [0, 0.1) is 5.92 Å². The number of amides is 1. The fourth-order valence-electron chi connectivity index (χ4n) is 4.27. The van der Waals surface area contributed by atoms with Gasteiger partial charge in [0, 0.05) is 31.5 Å². The molecule has 1 aromatic heterocycles. The van der Waals surface area contributed by atoms with E-state index in [0.29, 0.717) is 6.04 Å². The maximum Gasteiger partial charge on any atom is 0.224 e. The average molecular weight is 391 g/mol. The quantitative estimate of drug-likeness (QED) is 0.632. The van der Waals surface area contributed by atoms with Crippen LogP contribution < -0.4 is 5.32 Å². The van der Waals surface area contributed by atoms with Crippen molar-refractivity contribution >= 4 is 5.91 Å². The highest BCUT2D eigenvalue weighted by Gasteiger charge is 2.34. The first kappa shape index (κ1) is 21.2. The summed E-state index contributed by atoms with van der Waals surface area (Å²) < 4.78 is 0. The van der Waals surface area contributed by atoms with Crippen LogP contribution in [0.1, 0.15) is 38.2 Å². The zero-order valence-corrected chi connectivity index (χ0v) is 16.9. The zero-order valence-electron chi connectivity index (χ0n) is 16.9. The summed E-state index contributed by atoms with van der Waals surface area (Å²) >= 11 is 0. The second kappa shape index (κ2) is 9.78. The number of piperidine rings is 2. The summed E-state index contributed by atoms with van der Waals surface area (Å²) in [5.41, 5.74) is 0.358. The molecular formula is C21H34N4O3. The van der Waals surface area contributed by atoms with Crippen molar-refractivity contribution in [1.29, 1.82) is 0 Å². The molecular weight excluding hydrogens is 356 g/mol. The van der Waals surface area contributed by atoms with Crippen LogP contribution in [0.4, 0.5) is 0 Å². The summed E-state index contributed by atoms with van der Waals surface area (Å²) in [6.45, 7) is 6.10. The summed E-state index contributed by atoms with van der Waals surface area (Å²) in [5, 5.41) is 21.7. The largest absolute Gasteiger partial charge is 0.394 e. The van der Waals surface area contributed by atoms with Gasteiger partial charge in [-0.2, -0.15) is 0 Å². The van der Waals surface area contributed by atoms with Gasteiger partial charge in [-0.1, -0.05) is 0 Å². The molecule has 2 aliphatic heterocycles. The smallest absolute Gasteiger partial charge is 0.224 e. The van der Waals surface area contributed by atoms with Crippen LogP contribution in [0.25, 0.3) is 0 Å². The summed E-state index contributed by atoms with van der Waals surface area (Å²) in [4.78, 5) is 21.7. The van der Waals surface area contributed by atoms with Gasteiger partial charge in [-0.3, -0.25) is 19.6 Å². The number of likely N-dealkylation sites (tertiary alicyclic amines) is 2. The van der Waals surface area contributed by atoms with Crippen LogP contribution in [-0.2, 0) is 11.3 Å². The zero-order chi connectivity index (χ0) is 20.0. The van der Waals surface area contributed by atoms with Crippen LogP contribution in [0.3, 0.4) is 0 Å². The first-order chi connectivity index (χ1) is 13.5. The molecule has 0 aromatic carbocycles. The third-order valence-corrected chi connectivity index (χ3v) is 6.18. The summed E-state index contributed by atoms with van der Waals surface area (Å²) in [6.07, 6.45) is 7.84. The number of aliphatic hydroxyl groups is 2. The SMILES string of the molecule is CC(CO)(CO)NC(=O)[C@H]1CCCN(C2CCN(Cc3ccncc3)CC2)C1. The van der Waals surface area contributed by atoms with Gasteiger partial charge >= 0.3 is 0 Å². The number of hydrogen-bond donors (Lipinski definition) is 3. The van der Waals surface area contributed by atoms with Gasteiger partial charge in [0.05, 0.1) is 24.7 Å². The van der Waals surface area contributed by atoms with Crippen LogP contribution in [-0.4, -0.2) is 81.9 Å². The van der Waals surface area contributed by atoms with Crippen molar-refractivity contribution in [1.82, 2.24) is 20.1 Å². The van der Waals surface area contributed by atoms with Crippen molar-refractivity contribution < 1.29 is 15.0 Å². The van der Waals surface area contributed by atoms with Gasteiger partial charge in [-0.25, -0.2) is 0 Å². The number of carbonyl (C=O) groups is 1. The van der Waals surface area contributed by atoms with E-state index in [2.05, 4.69) is 32.2 Å². The van der Waals surface area contributed by atoms with E-state index >= 15 is 0 Å². The Morgan fingerprint density at radius 1 is 1.18 bits per heavy atom. The average Bonchev–Trinajstić information content (AvgIpc) is 2.75. The van der Waals surface area contributed by atoms with Gasteiger partial charge in [-0.15, -0.1) is 0 Å². The van der Waals surface area contributed by atoms with E-state index in [0.717, 1.165) is 58.4 Å². The normalized spacial score (nSPS) is 22.9. The molecule has 0 aliphatic carbocycles. The standard InChI is InChI=1S/C21H34N4O3/c1-21(15-26,16-27)23-20(28)18-3-2-10-25(14-18)19-6-11-24(12-7-19)13-17-4-8-22-9-5-17/h4-5,8-9,18-19,26-27H,2-3,6-7,10-16H2,1H3,(H,23,28)/t18-/m0/s1. The fourth-order valence-corrected chi connectivity index (χ4v) is 4.27. The Morgan fingerprint density at radius 3 is 2.50 bits per heavy atom. The minimum absolute atomic E-state index is 0.0505. The number of rotatable bonds is 7. The van der Waals surface area contributed by atoms with Crippen LogP contribution in [0.2, 0.25) is 0 Å². The molecule has 3 heterocycles. The van der Waals surface area contributed by atoms with Gasteiger partial charge in [0.15, 0.2) is 0 Å². The molecule has 1 amide bonds. The lowest BCUT2D eigenvalue weighted by Gasteiger charge is -2.42. The molecule has 3 N–H and O–H groups in total. The van der Waals surface area contributed by atoms with Crippen molar-refractivity contribution in [3.63, 3.8) is 0 Å². The molecule has 3 rings (SSSR count). The van der Waals surface area contributed by atoms with E-state index in [1.165, 1.54) is 5.56 Å². The van der Waals surface area contributed by atoms with Crippen molar-refractivity contribution in [3.8, 4) is 0 Å². The molecule has 7 heteroatoms. The van der Waals surface area contributed by atoms with Crippen molar-refractivity contribution in [2.75, 3.05) is 39.4 Å². The monoisotopic (exact) mass is 390 g/mol. The number of carbonyl (C=O) groups excluding carboxylic acids is 1. The topological polar surface area (TPSA) is 88.9 Å². The van der Waals surface area contributed by atoms with Gasteiger partial charge in [0.1, 0.15) is 0 Å². The lowest BCUT2D eigenvalue weighted by Crippen LogP contribution is -2.56. The summed E-state index contributed by atoms with van der Waals surface area (Å²) in [5.74, 6) is -0.119. The first-order valence-corrected chi connectivity index (χ1v) is 10.4. The van der Waals surface area contributed by atoms with Crippen molar-refractivity contribution in [2.24, 2.45) is 5.92 Å². The molecule has 2 aliphatic rings. The molecule has 7 nitrogen and oxygen atoms in total. The highest BCUT2D eigenvalue weighted by molar-refractivity contribution is 5.79. The Hall–Kier alpha value is -1.54. The Labute approximate surface area is 167 Å². The van der Waals surface area contributed by atoms with Gasteiger partial charge in [0.2, 0.25) is 5.91 Å². The molecule has 0 spiro atoms. The first-order valence-electron chi connectivity index (χ1n) is 10.4. The molecule has 0 radical (unpaired) electrons. The Bertz CT molecular complexity index is 615. The molecule has 156 valence electrons. The molecule has 0 unspecified atom stereocenters. The Morgan fingerprint density at radius 2 is 1.86 bits per heavy atom. The van der Waals surface area contributed by atoms with Crippen LogP contribution >= 0.6 is 0 Å². The number of nitrogens with zero attached hydrogens (tertiary/aromatic N) is 3. The number of pyridine rings is 1. The second-order valence-electron chi connectivity index (χ2n) is 8.56. The number of hydrogen-bond acceptors (Lipinski definition) is 6. The predicted octanol–water partition coefficient (Wildman–Crippen LogP) is 0.618. The highest BCUT2D eigenvalue weighted by atomic mass is 16.3. The highest BCUT2D eigenvalue weighted by Crippen LogP contribution is 2.25. The summed E-state index contributed by atoms with van der Waals surface area (Å²) in [7, 11) is 0. The lowest BCUT2D eigenvalue weighted by molar-refractivity contribution is -0.130. The van der Waals surface area contributed by atoms with Gasteiger partial charge in [-0.05, 0) is 69.9 Å². The van der Waals surface area contributed by atoms with E-state index in [1.807, 2.05) is 12.4 Å². The number of aliphatic hydroxyl groups excluding tert-OH is 2. The molecule has 2 fully saturated rings. The number of nitrogens with one attached hydrogen (secondary N) is 1. The maximum absolute atomic E-state index is 12.6. The Balaban J connectivity index is 1.48. The van der Waals surface area contributed by atoms with E-state index in [1.54, 1.807) is 6.92 Å². The van der Waals surface area contributed by atoms with Gasteiger partial charge in [0.25, 0.3) is 0 Å². The molecule has 28 heavy (non-hydrogen) atoms. The third-order valence-electron chi connectivity index (χ3n) is 6.18. The van der Waals surface area contributed by atoms with Crippen molar-refractivity contribution in [3.05, 3.63) is 30.1 Å². The molecule has 0 bridgehead atoms. The van der Waals surface area contributed by atoms with Crippen LogP contribution in [0.15, 0.2) is 24.5 Å². The predicted molar refractivity (Wildman–Crippen MR) is 108 cm³/mol. The van der Waals surface area contributed by atoms with E-state index in [4.69, 9.17) is 0 Å².